The second kappa shape index (κ2) is 10.1. The Bertz CT molecular complexity index is 650. The molecular formula is C18H23NO6S. The molecule has 26 heavy (non-hydrogen) atoms. The fourth-order valence-electron chi connectivity index (χ4n) is 2.55. The van der Waals surface area contributed by atoms with Crippen LogP contribution in [0.2, 0.25) is 0 Å². The molecule has 1 aromatic rings. The van der Waals surface area contributed by atoms with Crippen molar-refractivity contribution in [2.45, 2.75) is 25.6 Å². The van der Waals surface area contributed by atoms with Gasteiger partial charge in [0.05, 0.1) is 25.4 Å². The topological polar surface area (TPSA) is 82.1 Å². The molecule has 1 heterocycles. The molecule has 0 radical (unpaired) electrons. The van der Waals surface area contributed by atoms with Crippen LogP contribution in [0.15, 0.2) is 24.3 Å². The SMILES string of the molecule is CCOC(=O)CCN1C(=O)CSC1c1ccccc1OCC(=O)OCC. The first-order valence-corrected chi connectivity index (χ1v) is 9.55. The number of nitrogens with zero attached hydrogens (tertiary/aromatic N) is 1. The van der Waals surface area contributed by atoms with Crippen LogP contribution >= 0.6 is 11.8 Å². The summed E-state index contributed by atoms with van der Waals surface area (Å²) >= 11 is 1.46. The number of hydrogen-bond acceptors (Lipinski definition) is 7. The number of amides is 1. The Morgan fingerprint density at radius 3 is 2.58 bits per heavy atom. The summed E-state index contributed by atoms with van der Waals surface area (Å²) < 4.78 is 15.4. The van der Waals surface area contributed by atoms with Crippen molar-refractivity contribution in [2.75, 3.05) is 32.1 Å². The van der Waals surface area contributed by atoms with Crippen LogP contribution in [0.3, 0.4) is 0 Å². The molecule has 1 aromatic carbocycles. The van der Waals surface area contributed by atoms with Gasteiger partial charge in [-0.15, -0.1) is 11.8 Å². The standard InChI is InChI=1S/C18H23NO6S/c1-3-23-16(21)9-10-19-15(20)12-26-18(19)13-7-5-6-8-14(13)25-11-17(22)24-4-2/h5-8,18H,3-4,9-12H2,1-2H3. The fourth-order valence-corrected chi connectivity index (χ4v) is 3.80. The lowest BCUT2D eigenvalue weighted by atomic mass is 10.1. The number of benzene rings is 1. The fraction of sp³-hybridized carbons (Fsp3) is 0.500. The maximum atomic E-state index is 12.2. The average molecular weight is 381 g/mol. The van der Waals surface area contributed by atoms with Crippen molar-refractivity contribution in [1.29, 1.82) is 0 Å². The van der Waals surface area contributed by atoms with Crippen LogP contribution in [-0.4, -0.2) is 54.9 Å². The molecule has 1 aliphatic heterocycles. The smallest absolute Gasteiger partial charge is 0.344 e. The van der Waals surface area contributed by atoms with E-state index in [1.54, 1.807) is 30.9 Å². The number of carbonyl (C=O) groups is 3. The third-order valence-corrected chi connectivity index (χ3v) is 4.90. The minimum atomic E-state index is -0.448. The highest BCUT2D eigenvalue weighted by Crippen LogP contribution is 2.42. The van der Waals surface area contributed by atoms with Gasteiger partial charge in [0.2, 0.25) is 5.91 Å². The van der Waals surface area contributed by atoms with Gasteiger partial charge >= 0.3 is 11.9 Å². The highest BCUT2D eigenvalue weighted by atomic mass is 32.2. The van der Waals surface area contributed by atoms with Gasteiger partial charge in [-0.05, 0) is 19.9 Å². The largest absolute Gasteiger partial charge is 0.482 e. The maximum absolute atomic E-state index is 12.2. The van der Waals surface area contributed by atoms with E-state index in [1.807, 2.05) is 12.1 Å². The zero-order valence-corrected chi connectivity index (χ0v) is 15.8. The molecule has 7 nitrogen and oxygen atoms in total. The van der Waals surface area contributed by atoms with E-state index in [4.69, 9.17) is 14.2 Å². The van der Waals surface area contributed by atoms with E-state index in [0.29, 0.717) is 24.7 Å². The van der Waals surface area contributed by atoms with E-state index in [0.717, 1.165) is 5.56 Å². The molecule has 1 aliphatic rings. The molecule has 0 aliphatic carbocycles. The van der Waals surface area contributed by atoms with E-state index in [-0.39, 0.29) is 36.8 Å². The highest BCUT2D eigenvalue weighted by molar-refractivity contribution is 8.00. The summed E-state index contributed by atoms with van der Waals surface area (Å²) in [5, 5.41) is -0.268. The molecule has 1 saturated heterocycles. The summed E-state index contributed by atoms with van der Waals surface area (Å²) in [5.74, 6) is 0.0393. The summed E-state index contributed by atoms with van der Waals surface area (Å²) in [5.41, 5.74) is 0.788. The van der Waals surface area contributed by atoms with Crippen molar-refractivity contribution in [3.8, 4) is 5.75 Å². The summed E-state index contributed by atoms with van der Waals surface area (Å²) in [6.45, 7) is 4.16. The van der Waals surface area contributed by atoms with Crippen LogP contribution < -0.4 is 4.74 Å². The predicted octanol–water partition coefficient (Wildman–Crippen LogP) is 2.16. The van der Waals surface area contributed by atoms with Gasteiger partial charge in [-0.1, -0.05) is 18.2 Å². The van der Waals surface area contributed by atoms with Crippen LogP contribution in [-0.2, 0) is 23.9 Å². The second-order valence-electron chi connectivity index (χ2n) is 5.44. The van der Waals surface area contributed by atoms with Gasteiger partial charge < -0.3 is 19.1 Å². The zero-order valence-electron chi connectivity index (χ0n) is 14.9. The quantitative estimate of drug-likeness (QED) is 0.606. The van der Waals surface area contributed by atoms with E-state index < -0.39 is 5.97 Å². The predicted molar refractivity (Wildman–Crippen MR) is 96.7 cm³/mol. The monoisotopic (exact) mass is 381 g/mol. The number of hydrogen-bond donors (Lipinski definition) is 0. The van der Waals surface area contributed by atoms with Gasteiger partial charge in [0.15, 0.2) is 6.61 Å². The number of ether oxygens (including phenoxy) is 3. The number of rotatable bonds is 9. The third-order valence-electron chi connectivity index (χ3n) is 3.67. The average Bonchev–Trinajstić information content (AvgIpc) is 2.99. The van der Waals surface area contributed by atoms with Crippen molar-refractivity contribution in [2.24, 2.45) is 0 Å². The van der Waals surface area contributed by atoms with E-state index in [9.17, 15) is 14.4 Å². The van der Waals surface area contributed by atoms with Gasteiger partial charge in [0, 0.05) is 12.1 Å². The Morgan fingerprint density at radius 2 is 1.85 bits per heavy atom. The normalized spacial score (nSPS) is 16.5. The first kappa shape index (κ1) is 20.1. The lowest BCUT2D eigenvalue weighted by Gasteiger charge is -2.25. The minimum Gasteiger partial charge on any atom is -0.482 e. The van der Waals surface area contributed by atoms with Crippen LogP contribution in [0.4, 0.5) is 0 Å². The maximum Gasteiger partial charge on any atom is 0.344 e. The first-order valence-electron chi connectivity index (χ1n) is 8.50. The molecule has 0 N–H and O–H groups in total. The number of carbonyl (C=O) groups excluding carboxylic acids is 3. The van der Waals surface area contributed by atoms with Crippen LogP contribution in [0.5, 0.6) is 5.75 Å². The molecule has 1 amide bonds. The molecule has 1 atom stereocenters. The molecule has 2 rings (SSSR count). The van der Waals surface area contributed by atoms with Crippen molar-refractivity contribution in [3.05, 3.63) is 29.8 Å². The second-order valence-corrected chi connectivity index (χ2v) is 6.51. The van der Waals surface area contributed by atoms with Gasteiger partial charge in [-0.2, -0.15) is 0 Å². The molecule has 0 saturated carbocycles. The highest BCUT2D eigenvalue weighted by Gasteiger charge is 2.34. The molecule has 0 aromatic heterocycles. The van der Waals surface area contributed by atoms with Crippen LogP contribution in [0.25, 0.3) is 0 Å². The Kier molecular flexibility index (Phi) is 7.77. The molecule has 1 unspecified atom stereocenters. The minimum absolute atomic E-state index is 0.0375. The van der Waals surface area contributed by atoms with Crippen LogP contribution in [0, 0.1) is 0 Å². The molecule has 142 valence electrons. The van der Waals surface area contributed by atoms with Crippen molar-refractivity contribution < 1.29 is 28.6 Å². The van der Waals surface area contributed by atoms with Crippen molar-refractivity contribution in [3.63, 3.8) is 0 Å². The Hall–Kier alpha value is -2.22. The van der Waals surface area contributed by atoms with Gasteiger partial charge in [-0.25, -0.2) is 4.79 Å². The Morgan fingerprint density at radius 1 is 1.15 bits per heavy atom. The third kappa shape index (κ3) is 5.39. The van der Waals surface area contributed by atoms with Gasteiger partial charge in [0.1, 0.15) is 11.1 Å². The van der Waals surface area contributed by atoms with Crippen LogP contribution in [0.1, 0.15) is 31.2 Å². The van der Waals surface area contributed by atoms with Gasteiger partial charge in [-0.3, -0.25) is 9.59 Å². The van der Waals surface area contributed by atoms with E-state index in [2.05, 4.69) is 0 Å². The molecule has 0 bridgehead atoms. The summed E-state index contributed by atoms with van der Waals surface area (Å²) in [6, 6.07) is 7.25. The summed E-state index contributed by atoms with van der Waals surface area (Å²) in [4.78, 5) is 37.0. The van der Waals surface area contributed by atoms with Gasteiger partial charge in [0.25, 0.3) is 0 Å². The molecule has 8 heteroatoms. The molecule has 1 fully saturated rings. The number of para-hydroxylation sites is 1. The zero-order chi connectivity index (χ0) is 18.9. The first-order chi connectivity index (χ1) is 12.6. The number of thioether (sulfide) groups is 1. The van der Waals surface area contributed by atoms with E-state index >= 15 is 0 Å². The summed E-state index contributed by atoms with van der Waals surface area (Å²) in [7, 11) is 0. The van der Waals surface area contributed by atoms with E-state index in [1.165, 1.54) is 11.8 Å². The summed E-state index contributed by atoms with van der Waals surface area (Å²) in [6.07, 6.45) is 0.141. The lowest BCUT2D eigenvalue weighted by Crippen LogP contribution is -2.31. The molecule has 0 spiro atoms. The Balaban J connectivity index is 2.09. The molecular weight excluding hydrogens is 358 g/mol. The number of esters is 2. The van der Waals surface area contributed by atoms with Crippen molar-refractivity contribution >= 4 is 29.6 Å². The Labute approximate surface area is 157 Å². The lowest BCUT2D eigenvalue weighted by molar-refractivity contribution is -0.146. The van der Waals surface area contributed by atoms with Crippen molar-refractivity contribution in [1.82, 2.24) is 4.90 Å².